The predicted molar refractivity (Wildman–Crippen MR) is 59.1 cm³/mol. The van der Waals surface area contributed by atoms with E-state index in [-0.39, 0.29) is 11.8 Å². The summed E-state index contributed by atoms with van der Waals surface area (Å²) in [4.78, 5) is 0. The van der Waals surface area contributed by atoms with Gasteiger partial charge in [0.15, 0.2) is 0 Å². The largest absolute Gasteiger partial charge is 0.573 e. The summed E-state index contributed by atoms with van der Waals surface area (Å²) in [7, 11) is 0. The first-order valence-electron chi connectivity index (χ1n) is 5.73. The van der Waals surface area contributed by atoms with Gasteiger partial charge >= 0.3 is 6.36 Å². The van der Waals surface area contributed by atoms with Gasteiger partial charge in [-0.3, -0.25) is 0 Å². The van der Waals surface area contributed by atoms with E-state index in [1.54, 1.807) is 0 Å². The van der Waals surface area contributed by atoms with Crippen molar-refractivity contribution in [2.75, 3.05) is 6.54 Å². The summed E-state index contributed by atoms with van der Waals surface area (Å²) in [5, 5.41) is 13.2. The Balaban J connectivity index is 2.02. The molecule has 2 N–H and O–H groups in total. The van der Waals surface area contributed by atoms with Crippen molar-refractivity contribution in [1.82, 2.24) is 5.32 Å². The summed E-state index contributed by atoms with van der Waals surface area (Å²) in [5.74, 6) is -0.280. The number of halogens is 3. The number of ether oxygens (including phenoxy) is 1. The predicted octanol–water partition coefficient (Wildman–Crippen LogP) is 2.37. The average molecular weight is 261 g/mol. The number of nitrogens with one attached hydrogen (secondary N) is 1. The molecule has 1 fully saturated rings. The molecule has 0 aromatic heterocycles. The summed E-state index contributed by atoms with van der Waals surface area (Å²) in [6.07, 6.45) is -3.53. The number of hydrogen-bond acceptors (Lipinski definition) is 3. The Kier molecular flexibility index (Phi) is 3.77. The number of rotatable bonds is 3. The van der Waals surface area contributed by atoms with Crippen molar-refractivity contribution in [3.63, 3.8) is 0 Å². The molecular formula is C12H14F3NO2. The van der Waals surface area contributed by atoms with E-state index in [0.29, 0.717) is 5.56 Å². The van der Waals surface area contributed by atoms with E-state index in [1.807, 2.05) is 0 Å². The van der Waals surface area contributed by atoms with Gasteiger partial charge in [-0.1, -0.05) is 12.1 Å². The maximum atomic E-state index is 12.0. The van der Waals surface area contributed by atoms with E-state index >= 15 is 0 Å². The van der Waals surface area contributed by atoms with Crippen LogP contribution in [0.15, 0.2) is 24.3 Å². The van der Waals surface area contributed by atoms with Crippen LogP contribution in [0.5, 0.6) is 5.75 Å². The highest BCUT2D eigenvalue weighted by Gasteiger charge is 2.31. The lowest BCUT2D eigenvalue weighted by Crippen LogP contribution is -2.28. The van der Waals surface area contributed by atoms with Crippen LogP contribution in [0, 0.1) is 0 Å². The molecule has 0 aliphatic carbocycles. The Labute approximate surface area is 103 Å². The van der Waals surface area contributed by atoms with Crippen LogP contribution >= 0.6 is 0 Å². The summed E-state index contributed by atoms with van der Waals surface area (Å²) >= 11 is 0. The third-order valence-corrected chi connectivity index (χ3v) is 2.93. The number of benzene rings is 1. The van der Waals surface area contributed by atoms with Crippen LogP contribution in [0.3, 0.4) is 0 Å². The lowest BCUT2D eigenvalue weighted by molar-refractivity contribution is -0.274. The van der Waals surface area contributed by atoms with Crippen LogP contribution in [-0.4, -0.2) is 24.1 Å². The fourth-order valence-corrected chi connectivity index (χ4v) is 2.08. The van der Waals surface area contributed by atoms with E-state index < -0.39 is 12.5 Å². The molecule has 1 heterocycles. The van der Waals surface area contributed by atoms with E-state index in [2.05, 4.69) is 10.1 Å². The van der Waals surface area contributed by atoms with Crippen molar-refractivity contribution in [2.45, 2.75) is 31.3 Å². The first-order chi connectivity index (χ1) is 8.46. The van der Waals surface area contributed by atoms with Crippen LogP contribution in [-0.2, 0) is 0 Å². The molecule has 2 atom stereocenters. The molecule has 1 aromatic rings. The van der Waals surface area contributed by atoms with Gasteiger partial charge in [0.2, 0.25) is 0 Å². The Morgan fingerprint density at radius 1 is 1.28 bits per heavy atom. The molecule has 1 aromatic carbocycles. The zero-order chi connectivity index (χ0) is 13.2. The van der Waals surface area contributed by atoms with Crippen LogP contribution in [0.2, 0.25) is 0 Å². The molecule has 2 unspecified atom stereocenters. The van der Waals surface area contributed by atoms with Crippen molar-refractivity contribution in [3.8, 4) is 5.75 Å². The van der Waals surface area contributed by atoms with Crippen molar-refractivity contribution in [2.24, 2.45) is 0 Å². The summed E-state index contributed by atoms with van der Waals surface area (Å²) in [6, 6.07) is 5.29. The van der Waals surface area contributed by atoms with Gasteiger partial charge in [-0.2, -0.15) is 0 Å². The topological polar surface area (TPSA) is 41.5 Å². The fraction of sp³-hybridized carbons (Fsp3) is 0.500. The molecule has 1 aliphatic heterocycles. The minimum Gasteiger partial charge on any atom is -0.406 e. The molecule has 100 valence electrons. The Morgan fingerprint density at radius 2 is 1.94 bits per heavy atom. The van der Waals surface area contributed by atoms with Crippen LogP contribution < -0.4 is 10.1 Å². The van der Waals surface area contributed by atoms with Crippen LogP contribution in [0.1, 0.15) is 24.5 Å². The second-order valence-electron chi connectivity index (χ2n) is 4.26. The molecule has 0 amide bonds. The fourth-order valence-electron chi connectivity index (χ4n) is 2.08. The molecular weight excluding hydrogens is 247 g/mol. The van der Waals surface area contributed by atoms with Gasteiger partial charge in [0.1, 0.15) is 5.75 Å². The van der Waals surface area contributed by atoms with Gasteiger partial charge < -0.3 is 15.2 Å². The van der Waals surface area contributed by atoms with E-state index in [4.69, 9.17) is 0 Å². The average Bonchev–Trinajstić information content (AvgIpc) is 2.80. The quantitative estimate of drug-likeness (QED) is 0.877. The van der Waals surface area contributed by atoms with Gasteiger partial charge in [-0.05, 0) is 37.1 Å². The van der Waals surface area contributed by atoms with Crippen molar-refractivity contribution >= 4 is 0 Å². The molecule has 0 spiro atoms. The number of aliphatic hydroxyl groups excluding tert-OH is 1. The van der Waals surface area contributed by atoms with Gasteiger partial charge in [0, 0.05) is 6.04 Å². The number of hydrogen-bond donors (Lipinski definition) is 2. The van der Waals surface area contributed by atoms with Gasteiger partial charge in [0.25, 0.3) is 0 Å². The minimum atomic E-state index is -4.69. The number of aliphatic hydroxyl groups is 1. The molecule has 0 saturated carbocycles. The summed E-state index contributed by atoms with van der Waals surface area (Å²) < 4.78 is 39.7. The molecule has 0 radical (unpaired) electrons. The molecule has 18 heavy (non-hydrogen) atoms. The monoisotopic (exact) mass is 261 g/mol. The summed E-state index contributed by atoms with van der Waals surface area (Å²) in [5.41, 5.74) is 0.587. The molecule has 1 aliphatic rings. The standard InChI is InChI=1S/C12H14F3NO2/c13-12(14,15)18-9-5-3-8(4-6-9)11(17)10-2-1-7-16-10/h3-6,10-11,16-17H,1-2,7H2. The zero-order valence-electron chi connectivity index (χ0n) is 9.57. The maximum absolute atomic E-state index is 12.0. The van der Waals surface area contributed by atoms with E-state index in [1.165, 1.54) is 24.3 Å². The Hall–Kier alpha value is -1.27. The lowest BCUT2D eigenvalue weighted by atomic mass is 10.0. The zero-order valence-corrected chi connectivity index (χ0v) is 9.57. The first-order valence-corrected chi connectivity index (χ1v) is 5.73. The lowest BCUT2D eigenvalue weighted by Gasteiger charge is -2.19. The highest BCUT2D eigenvalue weighted by Crippen LogP contribution is 2.27. The van der Waals surface area contributed by atoms with Crippen LogP contribution in [0.25, 0.3) is 0 Å². The van der Waals surface area contributed by atoms with Gasteiger partial charge in [-0.15, -0.1) is 13.2 Å². The summed E-state index contributed by atoms with van der Waals surface area (Å²) in [6.45, 7) is 0.858. The van der Waals surface area contributed by atoms with Gasteiger partial charge in [0.05, 0.1) is 6.10 Å². The van der Waals surface area contributed by atoms with E-state index in [0.717, 1.165) is 19.4 Å². The molecule has 2 rings (SSSR count). The van der Waals surface area contributed by atoms with Crippen molar-refractivity contribution < 1.29 is 23.0 Å². The van der Waals surface area contributed by atoms with Crippen molar-refractivity contribution in [1.29, 1.82) is 0 Å². The third kappa shape index (κ3) is 3.36. The highest BCUT2D eigenvalue weighted by molar-refractivity contribution is 5.29. The molecule has 6 heteroatoms. The van der Waals surface area contributed by atoms with Gasteiger partial charge in [-0.25, -0.2) is 0 Å². The molecule has 0 bridgehead atoms. The first kappa shape index (κ1) is 13.2. The normalized spacial score (nSPS) is 21.9. The second-order valence-corrected chi connectivity index (χ2v) is 4.26. The van der Waals surface area contributed by atoms with E-state index in [9.17, 15) is 18.3 Å². The Bertz CT molecular complexity index is 385. The minimum absolute atomic E-state index is 0.0283. The number of alkyl halides is 3. The van der Waals surface area contributed by atoms with Crippen molar-refractivity contribution in [3.05, 3.63) is 29.8 Å². The Morgan fingerprint density at radius 3 is 2.44 bits per heavy atom. The highest BCUT2D eigenvalue weighted by atomic mass is 19.4. The third-order valence-electron chi connectivity index (χ3n) is 2.93. The SMILES string of the molecule is OC(c1ccc(OC(F)(F)F)cc1)C1CCCN1. The maximum Gasteiger partial charge on any atom is 0.573 e. The van der Waals surface area contributed by atoms with Crippen LogP contribution in [0.4, 0.5) is 13.2 Å². The second kappa shape index (κ2) is 5.16. The molecule has 1 saturated heterocycles. The smallest absolute Gasteiger partial charge is 0.406 e. The molecule has 3 nitrogen and oxygen atoms in total.